The van der Waals surface area contributed by atoms with E-state index in [1.54, 1.807) is 6.92 Å². The van der Waals surface area contributed by atoms with Crippen LogP contribution in [0.2, 0.25) is 5.02 Å². The number of carbonyl (C=O) groups is 1. The van der Waals surface area contributed by atoms with Gasteiger partial charge < -0.3 is 4.90 Å². The molecular formula is C16H15BrClNO. The molecule has 104 valence electrons. The molecule has 2 aromatic carbocycles. The van der Waals surface area contributed by atoms with Crippen molar-refractivity contribution in [1.82, 2.24) is 0 Å². The zero-order valence-electron chi connectivity index (χ0n) is 11.4. The smallest absolute Gasteiger partial charge is 0.159 e. The zero-order valence-corrected chi connectivity index (χ0v) is 13.7. The van der Waals surface area contributed by atoms with Gasteiger partial charge in [-0.05, 0) is 58.7 Å². The second-order valence-corrected chi connectivity index (χ2v) is 6.00. The van der Waals surface area contributed by atoms with Crippen molar-refractivity contribution >= 4 is 39.0 Å². The maximum Gasteiger partial charge on any atom is 0.159 e. The molecule has 0 unspecified atom stereocenters. The third kappa shape index (κ3) is 3.62. The van der Waals surface area contributed by atoms with Gasteiger partial charge in [0.25, 0.3) is 0 Å². The fourth-order valence-electron chi connectivity index (χ4n) is 1.98. The maximum absolute atomic E-state index is 11.4. The Morgan fingerprint density at radius 2 is 1.85 bits per heavy atom. The second-order valence-electron chi connectivity index (χ2n) is 4.70. The van der Waals surface area contributed by atoms with Crippen LogP contribution in [0.4, 0.5) is 5.69 Å². The van der Waals surface area contributed by atoms with Crippen molar-refractivity contribution in [3.63, 3.8) is 0 Å². The van der Waals surface area contributed by atoms with Crippen molar-refractivity contribution in [3.8, 4) is 0 Å². The van der Waals surface area contributed by atoms with Gasteiger partial charge in [0.05, 0.1) is 5.69 Å². The third-order valence-electron chi connectivity index (χ3n) is 3.10. The molecule has 0 radical (unpaired) electrons. The summed E-state index contributed by atoms with van der Waals surface area (Å²) in [6, 6.07) is 13.5. The molecule has 20 heavy (non-hydrogen) atoms. The first-order valence-corrected chi connectivity index (χ1v) is 7.40. The molecule has 0 amide bonds. The van der Waals surface area contributed by atoms with Gasteiger partial charge in [-0.2, -0.15) is 0 Å². The minimum absolute atomic E-state index is 0.0672. The number of Topliss-reactive ketones (excluding diaryl/α,β-unsaturated/α-hetero) is 1. The molecular weight excluding hydrogens is 338 g/mol. The van der Waals surface area contributed by atoms with Crippen LogP contribution in [0.5, 0.6) is 0 Å². The van der Waals surface area contributed by atoms with Gasteiger partial charge in [0.2, 0.25) is 0 Å². The second kappa shape index (κ2) is 6.42. The van der Waals surface area contributed by atoms with Crippen LogP contribution in [-0.2, 0) is 6.54 Å². The van der Waals surface area contributed by atoms with Gasteiger partial charge in [0.15, 0.2) is 5.78 Å². The van der Waals surface area contributed by atoms with Crippen LogP contribution in [-0.4, -0.2) is 12.8 Å². The summed E-state index contributed by atoms with van der Waals surface area (Å²) >= 11 is 9.41. The molecule has 2 aromatic rings. The first-order valence-electron chi connectivity index (χ1n) is 6.23. The number of ketones is 1. The Hall–Kier alpha value is -1.32. The van der Waals surface area contributed by atoms with Gasteiger partial charge in [-0.15, -0.1) is 0 Å². The number of rotatable bonds is 4. The van der Waals surface area contributed by atoms with Crippen LogP contribution in [0.1, 0.15) is 22.8 Å². The highest BCUT2D eigenvalue weighted by Crippen LogP contribution is 2.28. The molecule has 0 aliphatic carbocycles. The first kappa shape index (κ1) is 15.1. The van der Waals surface area contributed by atoms with E-state index in [2.05, 4.69) is 20.8 Å². The Labute approximate surface area is 132 Å². The van der Waals surface area contributed by atoms with E-state index in [0.29, 0.717) is 5.56 Å². The molecule has 0 aliphatic rings. The Kier molecular flexibility index (Phi) is 4.84. The number of hydrogen-bond acceptors (Lipinski definition) is 2. The summed E-state index contributed by atoms with van der Waals surface area (Å²) in [5, 5.41) is 0.739. The molecule has 0 aliphatic heterocycles. The summed E-state index contributed by atoms with van der Waals surface area (Å²) in [6.45, 7) is 2.34. The van der Waals surface area contributed by atoms with Crippen molar-refractivity contribution in [2.75, 3.05) is 11.9 Å². The van der Waals surface area contributed by atoms with E-state index >= 15 is 0 Å². The first-order chi connectivity index (χ1) is 9.47. The molecule has 0 heterocycles. The van der Waals surface area contributed by atoms with E-state index in [9.17, 15) is 4.79 Å². The molecule has 0 aromatic heterocycles. The van der Waals surface area contributed by atoms with E-state index in [0.717, 1.165) is 21.7 Å². The molecule has 2 rings (SSSR count). The fraction of sp³-hybridized carbons (Fsp3) is 0.188. The van der Waals surface area contributed by atoms with Crippen LogP contribution in [0.25, 0.3) is 0 Å². The van der Waals surface area contributed by atoms with E-state index in [4.69, 9.17) is 11.6 Å². The predicted octanol–water partition coefficient (Wildman–Crippen LogP) is 4.94. The quantitative estimate of drug-likeness (QED) is 0.726. The topological polar surface area (TPSA) is 20.3 Å². The largest absolute Gasteiger partial charge is 0.369 e. The lowest BCUT2D eigenvalue weighted by Gasteiger charge is -2.21. The third-order valence-corrected chi connectivity index (χ3v) is 3.99. The van der Waals surface area contributed by atoms with E-state index < -0.39 is 0 Å². The summed E-state index contributed by atoms with van der Waals surface area (Å²) in [5.41, 5.74) is 2.94. The fourth-order valence-corrected chi connectivity index (χ4v) is 2.79. The van der Waals surface area contributed by atoms with Gasteiger partial charge in [0, 0.05) is 28.7 Å². The van der Waals surface area contributed by atoms with Gasteiger partial charge in [-0.25, -0.2) is 0 Å². The summed E-state index contributed by atoms with van der Waals surface area (Å²) < 4.78 is 0.918. The molecule has 0 saturated carbocycles. The summed E-state index contributed by atoms with van der Waals surface area (Å²) in [5.74, 6) is 0.0672. The van der Waals surface area contributed by atoms with Crippen LogP contribution < -0.4 is 4.90 Å². The molecule has 0 atom stereocenters. The Bertz CT molecular complexity index is 625. The van der Waals surface area contributed by atoms with Crippen LogP contribution in [0.15, 0.2) is 46.9 Å². The Morgan fingerprint density at radius 3 is 2.40 bits per heavy atom. The van der Waals surface area contributed by atoms with Crippen LogP contribution in [0.3, 0.4) is 0 Å². The number of nitrogens with zero attached hydrogens (tertiary/aromatic N) is 1. The molecule has 0 bridgehead atoms. The van der Waals surface area contributed by atoms with Gasteiger partial charge >= 0.3 is 0 Å². The van der Waals surface area contributed by atoms with E-state index in [1.165, 1.54) is 5.56 Å². The predicted molar refractivity (Wildman–Crippen MR) is 87.7 cm³/mol. The maximum atomic E-state index is 11.4. The monoisotopic (exact) mass is 351 g/mol. The van der Waals surface area contributed by atoms with E-state index in [1.807, 2.05) is 49.5 Å². The molecule has 0 spiro atoms. The van der Waals surface area contributed by atoms with Crippen LogP contribution in [0, 0.1) is 0 Å². The minimum Gasteiger partial charge on any atom is -0.369 e. The lowest BCUT2D eigenvalue weighted by molar-refractivity contribution is 0.101. The molecule has 0 N–H and O–H groups in total. The summed E-state index contributed by atoms with van der Waals surface area (Å²) in [6.07, 6.45) is 0. The highest BCUT2D eigenvalue weighted by atomic mass is 79.9. The van der Waals surface area contributed by atoms with Crippen LogP contribution >= 0.6 is 27.5 Å². The normalized spacial score (nSPS) is 10.4. The lowest BCUT2D eigenvalue weighted by atomic mass is 10.1. The average Bonchev–Trinajstić information content (AvgIpc) is 2.41. The molecule has 0 saturated heterocycles. The van der Waals surface area contributed by atoms with Crippen molar-refractivity contribution < 1.29 is 4.79 Å². The summed E-state index contributed by atoms with van der Waals surface area (Å²) in [4.78, 5) is 13.5. The highest BCUT2D eigenvalue weighted by molar-refractivity contribution is 9.10. The van der Waals surface area contributed by atoms with Crippen molar-refractivity contribution in [1.29, 1.82) is 0 Å². The lowest BCUT2D eigenvalue weighted by Crippen LogP contribution is -2.17. The number of carbonyl (C=O) groups excluding carboxylic acids is 1. The average molecular weight is 353 g/mol. The molecule has 2 nitrogen and oxygen atoms in total. The Morgan fingerprint density at radius 1 is 1.20 bits per heavy atom. The number of anilines is 1. The highest BCUT2D eigenvalue weighted by Gasteiger charge is 2.09. The molecule has 0 fully saturated rings. The van der Waals surface area contributed by atoms with Gasteiger partial charge in [0.1, 0.15) is 0 Å². The number of halogens is 2. The van der Waals surface area contributed by atoms with Gasteiger partial charge in [-0.3, -0.25) is 4.79 Å². The van der Waals surface area contributed by atoms with Crippen molar-refractivity contribution in [2.24, 2.45) is 0 Å². The Balaban J connectivity index is 2.18. The SMILES string of the molecule is CC(=O)c1ccc(N(C)Cc2ccc(Cl)cc2)c(Br)c1. The van der Waals surface area contributed by atoms with Crippen molar-refractivity contribution in [2.45, 2.75) is 13.5 Å². The minimum atomic E-state index is 0.0672. The van der Waals surface area contributed by atoms with Crippen molar-refractivity contribution in [3.05, 3.63) is 63.1 Å². The van der Waals surface area contributed by atoms with E-state index in [-0.39, 0.29) is 5.78 Å². The zero-order chi connectivity index (χ0) is 14.7. The summed E-state index contributed by atoms with van der Waals surface area (Å²) in [7, 11) is 2.02. The van der Waals surface area contributed by atoms with Gasteiger partial charge in [-0.1, -0.05) is 23.7 Å². The standard InChI is InChI=1S/C16H15BrClNO/c1-11(20)13-5-8-16(15(17)9-13)19(2)10-12-3-6-14(18)7-4-12/h3-9H,10H2,1-2H3. The number of hydrogen-bond donors (Lipinski definition) is 0. The number of benzene rings is 2. The molecule has 4 heteroatoms.